The van der Waals surface area contributed by atoms with E-state index in [2.05, 4.69) is 11.9 Å². The lowest BCUT2D eigenvalue weighted by atomic mass is 10.1. The normalized spacial score (nSPS) is 9.73. The number of aryl methyl sites for hydroxylation is 1. The number of carbonyl (C=O) groups is 1. The number of amides is 1. The molecule has 0 fully saturated rings. The summed E-state index contributed by atoms with van der Waals surface area (Å²) in [5.41, 5.74) is 1.10. The highest BCUT2D eigenvalue weighted by molar-refractivity contribution is 5.94. The van der Waals surface area contributed by atoms with Gasteiger partial charge in [0.05, 0.1) is 0 Å². The highest BCUT2D eigenvalue weighted by Gasteiger charge is 2.06. The lowest BCUT2D eigenvalue weighted by Crippen LogP contribution is -2.24. The van der Waals surface area contributed by atoms with Crippen LogP contribution in [-0.4, -0.2) is 12.5 Å². The summed E-state index contributed by atoms with van der Waals surface area (Å²) in [6.45, 7) is 5.83. The van der Waals surface area contributed by atoms with Gasteiger partial charge in [0.1, 0.15) is 5.82 Å². The van der Waals surface area contributed by atoms with Crippen molar-refractivity contribution >= 4 is 5.91 Å². The zero-order valence-electron chi connectivity index (χ0n) is 8.72. The molecule has 0 saturated heterocycles. The van der Waals surface area contributed by atoms with Crippen LogP contribution >= 0.6 is 0 Å². The van der Waals surface area contributed by atoms with E-state index in [0.29, 0.717) is 18.5 Å². The van der Waals surface area contributed by atoms with Gasteiger partial charge in [-0.2, -0.15) is 0 Å². The molecule has 3 heteroatoms. The molecule has 0 radical (unpaired) electrons. The maximum absolute atomic E-state index is 13.0. The molecular weight excluding hydrogens is 193 g/mol. The summed E-state index contributed by atoms with van der Waals surface area (Å²) in [5.74, 6) is -0.636. The van der Waals surface area contributed by atoms with Crippen LogP contribution in [0.4, 0.5) is 4.39 Å². The van der Waals surface area contributed by atoms with Crippen molar-refractivity contribution in [2.24, 2.45) is 0 Å². The molecule has 0 spiro atoms. The van der Waals surface area contributed by atoms with E-state index in [4.69, 9.17) is 0 Å². The lowest BCUT2D eigenvalue weighted by Gasteiger charge is -2.04. The standard InChI is InChI=1S/C12H14FNO/c1-3-4-5-14-12(15)10-6-9(2)7-11(13)8-10/h3,6-8H,1,4-5H2,2H3,(H,14,15). The molecule has 0 aliphatic heterocycles. The number of nitrogens with one attached hydrogen (secondary N) is 1. The Kier molecular flexibility index (Phi) is 4.03. The number of carbonyl (C=O) groups excluding carboxylic acids is 1. The molecule has 0 atom stereocenters. The molecule has 1 amide bonds. The fraction of sp³-hybridized carbons (Fsp3) is 0.250. The summed E-state index contributed by atoms with van der Waals surface area (Å²) in [6.07, 6.45) is 2.43. The highest BCUT2D eigenvalue weighted by atomic mass is 19.1. The summed E-state index contributed by atoms with van der Waals surface area (Å²) in [5, 5.41) is 2.68. The maximum atomic E-state index is 13.0. The van der Waals surface area contributed by atoms with Crippen LogP contribution in [0.15, 0.2) is 30.9 Å². The maximum Gasteiger partial charge on any atom is 0.251 e. The molecule has 15 heavy (non-hydrogen) atoms. The van der Waals surface area contributed by atoms with Crippen LogP contribution in [0.2, 0.25) is 0 Å². The molecule has 1 rings (SSSR count). The van der Waals surface area contributed by atoms with E-state index < -0.39 is 0 Å². The Labute approximate surface area is 88.8 Å². The fourth-order valence-corrected chi connectivity index (χ4v) is 1.26. The molecule has 0 heterocycles. The molecule has 0 bridgehead atoms. The molecule has 0 unspecified atom stereocenters. The third-order valence-corrected chi connectivity index (χ3v) is 1.94. The van der Waals surface area contributed by atoms with Crippen molar-refractivity contribution in [2.45, 2.75) is 13.3 Å². The quantitative estimate of drug-likeness (QED) is 0.596. The number of hydrogen-bond acceptors (Lipinski definition) is 1. The average molecular weight is 207 g/mol. The molecule has 0 aliphatic rings. The second-order valence-electron chi connectivity index (χ2n) is 3.35. The van der Waals surface area contributed by atoms with Gasteiger partial charge in [0.15, 0.2) is 0 Å². The number of rotatable bonds is 4. The van der Waals surface area contributed by atoms with Gasteiger partial charge in [-0.15, -0.1) is 6.58 Å². The van der Waals surface area contributed by atoms with Gasteiger partial charge in [0.25, 0.3) is 5.91 Å². The van der Waals surface area contributed by atoms with Crippen molar-refractivity contribution < 1.29 is 9.18 Å². The van der Waals surface area contributed by atoms with E-state index in [0.717, 1.165) is 5.56 Å². The molecule has 1 N–H and O–H groups in total. The van der Waals surface area contributed by atoms with Crippen LogP contribution in [0.5, 0.6) is 0 Å². The first kappa shape index (κ1) is 11.4. The van der Waals surface area contributed by atoms with Crippen LogP contribution in [0.3, 0.4) is 0 Å². The van der Waals surface area contributed by atoms with Crippen LogP contribution in [0.25, 0.3) is 0 Å². The smallest absolute Gasteiger partial charge is 0.251 e. The Balaban J connectivity index is 2.69. The van der Waals surface area contributed by atoms with E-state index in [1.807, 2.05) is 0 Å². The number of hydrogen-bond donors (Lipinski definition) is 1. The zero-order valence-corrected chi connectivity index (χ0v) is 8.72. The molecule has 2 nitrogen and oxygen atoms in total. The molecule has 0 aromatic heterocycles. The Morgan fingerprint density at radius 1 is 1.53 bits per heavy atom. The molecule has 80 valence electrons. The first-order chi connectivity index (χ1) is 7.13. The van der Waals surface area contributed by atoms with Crippen LogP contribution < -0.4 is 5.32 Å². The van der Waals surface area contributed by atoms with Crippen molar-refractivity contribution in [1.29, 1.82) is 0 Å². The first-order valence-corrected chi connectivity index (χ1v) is 4.80. The number of halogens is 1. The summed E-state index contributed by atoms with van der Waals surface area (Å²) >= 11 is 0. The van der Waals surface area contributed by atoms with Crippen molar-refractivity contribution in [1.82, 2.24) is 5.32 Å². The van der Waals surface area contributed by atoms with Crippen LogP contribution in [0, 0.1) is 12.7 Å². The summed E-state index contributed by atoms with van der Waals surface area (Å²) in [7, 11) is 0. The first-order valence-electron chi connectivity index (χ1n) is 4.80. The van der Waals surface area contributed by atoms with E-state index in [1.165, 1.54) is 12.1 Å². The van der Waals surface area contributed by atoms with Gasteiger partial charge < -0.3 is 5.32 Å². The Hall–Kier alpha value is -1.64. The monoisotopic (exact) mass is 207 g/mol. The third-order valence-electron chi connectivity index (χ3n) is 1.94. The fourth-order valence-electron chi connectivity index (χ4n) is 1.26. The molecule has 1 aromatic rings. The predicted molar refractivity (Wildman–Crippen MR) is 58.3 cm³/mol. The van der Waals surface area contributed by atoms with Gasteiger partial charge >= 0.3 is 0 Å². The Bertz CT molecular complexity index is 354. The molecule has 0 aliphatic carbocycles. The van der Waals surface area contributed by atoms with Crippen molar-refractivity contribution in [3.8, 4) is 0 Å². The van der Waals surface area contributed by atoms with Gasteiger partial charge in [-0.05, 0) is 37.1 Å². The summed E-state index contributed by atoms with van der Waals surface area (Å²) in [6, 6.07) is 4.28. The minimum absolute atomic E-state index is 0.251. The number of benzene rings is 1. The Morgan fingerprint density at radius 3 is 2.87 bits per heavy atom. The third kappa shape index (κ3) is 3.54. The van der Waals surface area contributed by atoms with E-state index in [9.17, 15) is 9.18 Å². The van der Waals surface area contributed by atoms with E-state index in [1.54, 1.807) is 19.1 Å². The van der Waals surface area contributed by atoms with E-state index >= 15 is 0 Å². The molecular formula is C12H14FNO. The summed E-state index contributed by atoms with van der Waals surface area (Å²) < 4.78 is 13.0. The van der Waals surface area contributed by atoms with Crippen molar-refractivity contribution in [3.63, 3.8) is 0 Å². The second-order valence-corrected chi connectivity index (χ2v) is 3.35. The topological polar surface area (TPSA) is 29.1 Å². The molecule has 0 saturated carbocycles. The van der Waals surface area contributed by atoms with Gasteiger partial charge in [-0.3, -0.25) is 4.79 Å². The zero-order chi connectivity index (χ0) is 11.3. The van der Waals surface area contributed by atoms with Gasteiger partial charge in [0, 0.05) is 12.1 Å². The average Bonchev–Trinajstić information content (AvgIpc) is 2.16. The van der Waals surface area contributed by atoms with Gasteiger partial charge in [0.2, 0.25) is 0 Å². The van der Waals surface area contributed by atoms with Gasteiger partial charge in [-0.25, -0.2) is 4.39 Å². The van der Waals surface area contributed by atoms with Crippen LogP contribution in [-0.2, 0) is 0 Å². The summed E-state index contributed by atoms with van der Waals surface area (Å²) in [4.78, 5) is 11.5. The largest absolute Gasteiger partial charge is 0.352 e. The highest BCUT2D eigenvalue weighted by Crippen LogP contribution is 2.08. The van der Waals surface area contributed by atoms with Crippen molar-refractivity contribution in [3.05, 3.63) is 47.8 Å². The van der Waals surface area contributed by atoms with E-state index in [-0.39, 0.29) is 11.7 Å². The SMILES string of the molecule is C=CCCNC(=O)c1cc(C)cc(F)c1. The van der Waals surface area contributed by atoms with Crippen molar-refractivity contribution in [2.75, 3.05) is 6.54 Å². The van der Waals surface area contributed by atoms with Gasteiger partial charge in [-0.1, -0.05) is 6.08 Å². The molecule has 1 aromatic carbocycles. The minimum atomic E-state index is -0.385. The predicted octanol–water partition coefficient (Wildman–Crippen LogP) is 2.44. The minimum Gasteiger partial charge on any atom is -0.352 e. The lowest BCUT2D eigenvalue weighted by molar-refractivity contribution is 0.0954. The van der Waals surface area contributed by atoms with Crippen LogP contribution in [0.1, 0.15) is 22.3 Å². The second kappa shape index (κ2) is 5.29. The Morgan fingerprint density at radius 2 is 2.27 bits per heavy atom.